The Labute approximate surface area is 261 Å². The molecule has 0 spiro atoms. The molecule has 0 aromatic carbocycles. The molecule has 11 nitrogen and oxygen atoms in total. The van der Waals surface area contributed by atoms with Gasteiger partial charge < -0.3 is 29.2 Å². The van der Waals surface area contributed by atoms with Gasteiger partial charge in [0, 0.05) is 74.8 Å². The van der Waals surface area contributed by atoms with E-state index in [0.717, 1.165) is 44.7 Å². The first-order valence-electron chi connectivity index (χ1n) is 15.3. The highest BCUT2D eigenvalue weighted by atomic mass is 16.3. The predicted octanol–water partition coefficient (Wildman–Crippen LogP) is 3.36. The molecule has 1 aliphatic heterocycles. The molecular formula is C34H38N8O3. The lowest BCUT2D eigenvalue weighted by Gasteiger charge is -2.33. The van der Waals surface area contributed by atoms with E-state index in [1.807, 2.05) is 35.0 Å². The monoisotopic (exact) mass is 606 g/mol. The molecule has 1 saturated heterocycles. The normalized spacial score (nSPS) is 16.3. The van der Waals surface area contributed by atoms with Crippen LogP contribution in [0.15, 0.2) is 70.9 Å². The third kappa shape index (κ3) is 5.21. The predicted molar refractivity (Wildman–Crippen MR) is 176 cm³/mol. The summed E-state index contributed by atoms with van der Waals surface area (Å²) in [4.78, 5) is 40.7. The van der Waals surface area contributed by atoms with E-state index in [2.05, 4.69) is 46.0 Å². The van der Waals surface area contributed by atoms with Crippen molar-refractivity contribution >= 4 is 22.7 Å². The Bertz CT molecular complexity index is 2030. The van der Waals surface area contributed by atoms with E-state index in [4.69, 9.17) is 0 Å². The Morgan fingerprint density at radius 1 is 0.956 bits per heavy atom. The van der Waals surface area contributed by atoms with E-state index in [-0.39, 0.29) is 23.1 Å². The van der Waals surface area contributed by atoms with Crippen LogP contribution < -0.4 is 21.3 Å². The summed E-state index contributed by atoms with van der Waals surface area (Å²) in [5.74, 6) is 0.913. The lowest BCUT2D eigenvalue weighted by Crippen LogP contribution is -2.44. The fraction of sp³-hybridized carbons (Fsp3) is 0.353. The van der Waals surface area contributed by atoms with Gasteiger partial charge in [-0.25, -0.2) is 9.97 Å². The zero-order valence-corrected chi connectivity index (χ0v) is 26.1. The lowest BCUT2D eigenvalue weighted by molar-refractivity contribution is 0.281. The van der Waals surface area contributed by atoms with Crippen molar-refractivity contribution in [2.75, 3.05) is 43.4 Å². The first kappa shape index (κ1) is 29.0. The number of nitrogens with zero attached hydrogens (tertiary/aromatic N) is 7. The van der Waals surface area contributed by atoms with Crippen molar-refractivity contribution in [3.05, 3.63) is 98.8 Å². The second-order valence-corrected chi connectivity index (χ2v) is 13.1. The quantitative estimate of drug-likeness (QED) is 0.303. The van der Waals surface area contributed by atoms with Crippen LogP contribution in [-0.2, 0) is 26.5 Å². The molecule has 45 heavy (non-hydrogen) atoms. The molecule has 0 bridgehead atoms. The van der Waals surface area contributed by atoms with Crippen LogP contribution in [0, 0.1) is 5.41 Å². The van der Waals surface area contributed by atoms with Crippen LogP contribution in [0.5, 0.6) is 0 Å². The van der Waals surface area contributed by atoms with Crippen LogP contribution in [0.1, 0.15) is 30.7 Å². The first-order chi connectivity index (χ1) is 21.6. The molecule has 7 rings (SSSR count). The van der Waals surface area contributed by atoms with Gasteiger partial charge in [-0.1, -0.05) is 13.8 Å². The number of hydrogen-bond acceptors (Lipinski definition) is 8. The highest BCUT2D eigenvalue weighted by Crippen LogP contribution is 2.37. The maximum Gasteiger partial charge on any atom is 0.280 e. The van der Waals surface area contributed by atoms with Crippen LogP contribution in [0.25, 0.3) is 22.5 Å². The highest BCUT2D eigenvalue weighted by molar-refractivity contribution is 5.73. The number of anilines is 3. The molecule has 5 aromatic heterocycles. The van der Waals surface area contributed by atoms with E-state index < -0.39 is 0 Å². The van der Waals surface area contributed by atoms with Gasteiger partial charge in [-0.05, 0) is 66.8 Å². The fourth-order valence-electron chi connectivity index (χ4n) is 6.74. The maximum absolute atomic E-state index is 13.8. The molecule has 5 aromatic rings. The summed E-state index contributed by atoms with van der Waals surface area (Å²) in [6.45, 7) is 8.04. The lowest BCUT2D eigenvalue weighted by atomic mass is 9.90. The number of pyridine rings is 3. The van der Waals surface area contributed by atoms with Gasteiger partial charge >= 0.3 is 0 Å². The molecule has 2 N–H and O–H groups in total. The second-order valence-electron chi connectivity index (χ2n) is 13.1. The van der Waals surface area contributed by atoms with Crippen molar-refractivity contribution in [1.29, 1.82) is 0 Å². The maximum atomic E-state index is 13.8. The minimum atomic E-state index is -0.345. The molecule has 0 radical (unpaired) electrons. The molecule has 6 heterocycles. The Balaban J connectivity index is 1.22. The van der Waals surface area contributed by atoms with Crippen molar-refractivity contribution in [1.82, 2.24) is 28.4 Å². The zero-order chi connectivity index (χ0) is 31.5. The van der Waals surface area contributed by atoms with Crippen molar-refractivity contribution in [3.8, 4) is 16.9 Å². The van der Waals surface area contributed by atoms with Crippen molar-refractivity contribution in [2.24, 2.45) is 12.5 Å². The molecular weight excluding hydrogens is 568 g/mol. The summed E-state index contributed by atoms with van der Waals surface area (Å²) in [6.07, 6.45) is 10.6. The van der Waals surface area contributed by atoms with Crippen LogP contribution in [0.3, 0.4) is 0 Å². The van der Waals surface area contributed by atoms with E-state index in [0.29, 0.717) is 39.5 Å². The number of likely N-dealkylation sites (N-methyl/N-ethyl adjacent to an activating group) is 1. The molecule has 0 saturated carbocycles. The number of hydrogen-bond donors (Lipinski definition) is 2. The average molecular weight is 607 g/mol. The number of aliphatic hydroxyl groups is 1. The topological polar surface area (TPSA) is 113 Å². The number of piperazine rings is 1. The molecule has 0 atom stereocenters. The fourth-order valence-corrected chi connectivity index (χ4v) is 6.74. The Morgan fingerprint density at radius 2 is 1.76 bits per heavy atom. The van der Waals surface area contributed by atoms with Gasteiger partial charge in [0.1, 0.15) is 22.8 Å². The highest BCUT2D eigenvalue weighted by Gasteiger charge is 2.32. The van der Waals surface area contributed by atoms with Crippen molar-refractivity contribution in [3.63, 3.8) is 0 Å². The number of nitrogens with one attached hydrogen (secondary N) is 1. The first-order valence-corrected chi connectivity index (χ1v) is 15.3. The standard InChI is InChI=1S/C34H38N8O3/c1-34(2)17-22-16-28-33(45)42(14-13-41(28)29(22)18-34)31-26(21-43)25(7-8-35-31)23-15-27(32(44)39(4)20-23)37-30-6-5-24(19-36-30)40-11-9-38(3)10-12-40/h5-8,13-16,19-20,43H,9-12,17-18,21H2,1-4H3,(H,36,37). The molecule has 11 heteroatoms. The second kappa shape index (κ2) is 11.0. The summed E-state index contributed by atoms with van der Waals surface area (Å²) in [5.41, 5.74) is 5.99. The van der Waals surface area contributed by atoms with Crippen LogP contribution >= 0.6 is 0 Å². The molecule has 1 fully saturated rings. The zero-order valence-electron chi connectivity index (χ0n) is 26.1. The van der Waals surface area contributed by atoms with Crippen molar-refractivity contribution < 1.29 is 5.11 Å². The van der Waals surface area contributed by atoms with Gasteiger partial charge in [0.05, 0.1) is 18.5 Å². The Kier molecular flexibility index (Phi) is 7.09. The van der Waals surface area contributed by atoms with Gasteiger partial charge in [-0.2, -0.15) is 0 Å². The van der Waals surface area contributed by atoms with E-state index in [9.17, 15) is 14.7 Å². The van der Waals surface area contributed by atoms with E-state index in [1.54, 1.807) is 37.8 Å². The van der Waals surface area contributed by atoms with E-state index >= 15 is 0 Å². The SMILES string of the molecule is CN1CCN(c2ccc(Nc3cc(-c4ccnc(-n5ccn6c7c(cc6c5=O)CC(C)(C)C7)c4CO)cn(C)c3=O)nc2)CC1. The third-order valence-electron chi connectivity index (χ3n) is 9.14. The summed E-state index contributed by atoms with van der Waals surface area (Å²) in [7, 11) is 3.81. The Morgan fingerprint density at radius 3 is 2.49 bits per heavy atom. The molecule has 0 amide bonds. The third-order valence-corrected chi connectivity index (χ3v) is 9.14. The molecule has 1 aliphatic carbocycles. The smallest absolute Gasteiger partial charge is 0.280 e. The summed E-state index contributed by atoms with van der Waals surface area (Å²) < 4.78 is 4.99. The number of aliphatic hydroxyl groups excluding tert-OH is 1. The van der Waals surface area contributed by atoms with Gasteiger partial charge in [-0.3, -0.25) is 14.2 Å². The largest absolute Gasteiger partial charge is 0.392 e. The minimum Gasteiger partial charge on any atom is -0.392 e. The Hall–Kier alpha value is -4.74. The number of aryl methyl sites for hydroxylation is 1. The van der Waals surface area contributed by atoms with E-state index in [1.165, 1.54) is 20.4 Å². The summed E-state index contributed by atoms with van der Waals surface area (Å²) >= 11 is 0. The van der Waals surface area contributed by atoms with Gasteiger partial charge in [0.15, 0.2) is 0 Å². The number of aromatic nitrogens is 5. The molecule has 2 aliphatic rings. The minimum absolute atomic E-state index is 0.175. The number of fused-ring (bicyclic) bond motifs is 3. The molecule has 232 valence electrons. The molecule has 0 unspecified atom stereocenters. The average Bonchev–Trinajstić information content (AvgIpc) is 3.52. The van der Waals surface area contributed by atoms with Gasteiger partial charge in [0.2, 0.25) is 0 Å². The van der Waals surface area contributed by atoms with Gasteiger partial charge in [0.25, 0.3) is 11.1 Å². The van der Waals surface area contributed by atoms with Crippen molar-refractivity contribution in [2.45, 2.75) is 33.3 Å². The summed E-state index contributed by atoms with van der Waals surface area (Å²) in [6, 6.07) is 9.43. The van der Waals surface area contributed by atoms with Crippen LogP contribution in [-0.4, -0.2) is 66.7 Å². The van der Waals surface area contributed by atoms with Crippen LogP contribution in [0.4, 0.5) is 17.2 Å². The van der Waals surface area contributed by atoms with Crippen LogP contribution in [0.2, 0.25) is 0 Å². The summed E-state index contributed by atoms with van der Waals surface area (Å²) in [5, 5.41) is 13.8. The van der Waals surface area contributed by atoms with Gasteiger partial charge in [-0.15, -0.1) is 0 Å². The number of rotatable bonds is 6.